The fraction of sp³-hybridized carbons (Fsp3) is 0.610. The zero-order chi connectivity index (χ0) is 33.9. The van der Waals surface area contributed by atoms with E-state index in [0.29, 0.717) is 5.70 Å². The zero-order valence-corrected chi connectivity index (χ0v) is 31.3. The van der Waals surface area contributed by atoms with Gasteiger partial charge in [-0.15, -0.1) is 0 Å². The zero-order valence-electron chi connectivity index (χ0n) is 31.3. The van der Waals surface area contributed by atoms with E-state index < -0.39 is 0 Å². The Bertz CT molecular complexity index is 1330. The lowest BCUT2D eigenvalue weighted by molar-refractivity contribution is 0.0544. The standard InChI is InChI=1S/C37H55N3.2C2H6/c1-14-28(15-2)19-39-20-29-16-31(40(12)13)30-18-35(9)21-36(10)17-22(3)32(27(8)38)25(6)37(36,11)26(7)34(35)24(5)33(30)23(29)4;2*1-2/h16,28,39H,5-6,8,14-15,17-21,38H2,1-4,7,9-13H3;2*1-2H3. The molecule has 1 aromatic carbocycles. The van der Waals surface area contributed by atoms with E-state index >= 15 is 0 Å². The van der Waals surface area contributed by atoms with Crippen molar-refractivity contribution in [1.29, 1.82) is 0 Å². The Morgan fingerprint density at radius 1 is 1.00 bits per heavy atom. The van der Waals surface area contributed by atoms with E-state index in [0.717, 1.165) is 49.4 Å². The SMILES string of the molecule is C=C(N)C1=C(C)CC2(C)CC3(C)Cc4c(N(C)C)cc(CNCC(CC)CC)c(C)c4C(=C)C3=C(C)C2(C)C1=C.CC.CC. The highest BCUT2D eigenvalue weighted by atomic mass is 15.1. The van der Waals surface area contributed by atoms with Gasteiger partial charge >= 0.3 is 0 Å². The van der Waals surface area contributed by atoms with E-state index in [1.165, 1.54) is 63.1 Å². The van der Waals surface area contributed by atoms with Gasteiger partial charge in [-0.05, 0) is 114 Å². The molecule has 3 aliphatic carbocycles. The van der Waals surface area contributed by atoms with Crippen molar-refractivity contribution in [3.05, 3.63) is 81.6 Å². The van der Waals surface area contributed by atoms with Gasteiger partial charge in [-0.25, -0.2) is 0 Å². The molecule has 0 radical (unpaired) electrons. The smallest absolute Gasteiger partial charge is 0.0403 e. The molecule has 0 saturated heterocycles. The maximum Gasteiger partial charge on any atom is 0.0403 e. The van der Waals surface area contributed by atoms with Crippen LogP contribution in [0.3, 0.4) is 0 Å². The van der Waals surface area contributed by atoms with Crippen molar-refractivity contribution in [1.82, 2.24) is 5.32 Å². The topological polar surface area (TPSA) is 41.3 Å². The Balaban J connectivity index is 0.00000162. The summed E-state index contributed by atoms with van der Waals surface area (Å²) >= 11 is 0. The second-order valence-corrected chi connectivity index (χ2v) is 14.2. The molecule has 0 fully saturated rings. The molecule has 0 spiro atoms. The predicted octanol–water partition coefficient (Wildman–Crippen LogP) is 10.7. The van der Waals surface area contributed by atoms with Gasteiger partial charge < -0.3 is 16.0 Å². The molecule has 3 unspecified atom stereocenters. The van der Waals surface area contributed by atoms with E-state index in [1.807, 2.05) is 27.7 Å². The number of nitrogens with two attached hydrogens (primary N) is 1. The van der Waals surface area contributed by atoms with Crippen molar-refractivity contribution in [2.45, 2.75) is 122 Å². The Morgan fingerprint density at radius 2 is 1.57 bits per heavy atom. The number of rotatable bonds is 8. The molecule has 4 rings (SSSR count). The van der Waals surface area contributed by atoms with E-state index in [9.17, 15) is 0 Å². The van der Waals surface area contributed by atoms with Gasteiger partial charge in [0.05, 0.1) is 0 Å². The van der Waals surface area contributed by atoms with Gasteiger partial charge in [-0.3, -0.25) is 0 Å². The number of hydrogen-bond acceptors (Lipinski definition) is 3. The average Bonchev–Trinajstić information content (AvgIpc) is 2.95. The van der Waals surface area contributed by atoms with Crippen molar-refractivity contribution in [2.75, 3.05) is 25.5 Å². The summed E-state index contributed by atoms with van der Waals surface area (Å²) in [5.41, 5.74) is 21.4. The molecule has 0 aromatic heterocycles. The summed E-state index contributed by atoms with van der Waals surface area (Å²) in [6.07, 6.45) is 5.56. The lowest BCUT2D eigenvalue weighted by Gasteiger charge is -2.62. The van der Waals surface area contributed by atoms with Gasteiger partial charge in [0.2, 0.25) is 0 Å². The number of hydrogen-bond donors (Lipinski definition) is 2. The second-order valence-electron chi connectivity index (χ2n) is 14.2. The van der Waals surface area contributed by atoms with E-state index in [1.54, 1.807) is 0 Å². The first-order chi connectivity index (χ1) is 20.6. The molecule has 3 heteroatoms. The van der Waals surface area contributed by atoms with Crippen LogP contribution in [0.1, 0.15) is 124 Å². The summed E-state index contributed by atoms with van der Waals surface area (Å²) < 4.78 is 0. The highest BCUT2D eigenvalue weighted by Gasteiger charge is 2.60. The van der Waals surface area contributed by atoms with Crippen molar-refractivity contribution in [3.8, 4) is 0 Å². The number of allylic oxidation sites excluding steroid dienone is 5. The lowest BCUT2D eigenvalue weighted by atomic mass is 9.41. The van der Waals surface area contributed by atoms with E-state index in [4.69, 9.17) is 18.9 Å². The fourth-order valence-electron chi connectivity index (χ4n) is 9.05. The van der Waals surface area contributed by atoms with Gasteiger partial charge in [0, 0.05) is 37.4 Å². The molecule has 0 amide bonds. The number of fused-ring (bicyclic) bond motifs is 3. The minimum absolute atomic E-state index is 0.00660. The van der Waals surface area contributed by atoms with Crippen molar-refractivity contribution < 1.29 is 0 Å². The molecular weight excluding hydrogens is 534 g/mol. The second kappa shape index (κ2) is 14.3. The molecule has 44 heavy (non-hydrogen) atoms. The first-order valence-corrected chi connectivity index (χ1v) is 17.4. The Labute approximate surface area is 272 Å². The van der Waals surface area contributed by atoms with Gasteiger partial charge in [0.1, 0.15) is 0 Å². The molecule has 3 nitrogen and oxygen atoms in total. The van der Waals surface area contributed by atoms with Crippen LogP contribution >= 0.6 is 0 Å². The van der Waals surface area contributed by atoms with Crippen molar-refractivity contribution >= 4 is 11.3 Å². The quantitative estimate of drug-likeness (QED) is 0.311. The number of nitrogens with zero attached hydrogens (tertiary/aromatic N) is 1. The molecular formula is C41H67N3. The summed E-state index contributed by atoms with van der Waals surface area (Å²) in [5, 5.41) is 3.78. The highest BCUT2D eigenvalue weighted by molar-refractivity contribution is 5.89. The molecule has 3 aliphatic rings. The third-order valence-electron chi connectivity index (χ3n) is 11.4. The molecule has 3 atom stereocenters. The molecule has 246 valence electrons. The minimum Gasteiger partial charge on any atom is -0.399 e. The van der Waals surface area contributed by atoms with E-state index in [2.05, 4.69) is 92.3 Å². The molecule has 0 aliphatic heterocycles. The molecule has 0 saturated carbocycles. The predicted molar refractivity (Wildman–Crippen MR) is 198 cm³/mol. The maximum atomic E-state index is 6.37. The van der Waals surface area contributed by atoms with Gasteiger partial charge in [-0.1, -0.05) is 106 Å². The number of anilines is 1. The molecule has 1 aromatic rings. The Morgan fingerprint density at radius 3 is 2.07 bits per heavy atom. The van der Waals surface area contributed by atoms with Crippen LogP contribution in [-0.4, -0.2) is 20.6 Å². The largest absolute Gasteiger partial charge is 0.399 e. The maximum absolute atomic E-state index is 6.37. The molecule has 0 bridgehead atoms. The van der Waals surface area contributed by atoms with Gasteiger partial charge in [0.25, 0.3) is 0 Å². The van der Waals surface area contributed by atoms with Crippen LogP contribution in [0.4, 0.5) is 5.69 Å². The normalized spacial score (nSPS) is 25.8. The van der Waals surface area contributed by atoms with Crippen LogP contribution in [0.25, 0.3) is 5.57 Å². The monoisotopic (exact) mass is 602 g/mol. The summed E-state index contributed by atoms with van der Waals surface area (Å²) in [6, 6.07) is 2.44. The first kappa shape index (κ1) is 37.7. The minimum atomic E-state index is -0.202. The third-order valence-corrected chi connectivity index (χ3v) is 11.4. The molecule has 0 heterocycles. The van der Waals surface area contributed by atoms with Crippen LogP contribution in [0.15, 0.2) is 59.4 Å². The van der Waals surface area contributed by atoms with Crippen LogP contribution in [-0.2, 0) is 13.0 Å². The lowest BCUT2D eigenvalue weighted by Crippen LogP contribution is -2.52. The summed E-state index contributed by atoms with van der Waals surface area (Å²) in [4.78, 5) is 2.31. The number of benzene rings is 1. The van der Waals surface area contributed by atoms with Crippen LogP contribution in [0.5, 0.6) is 0 Å². The van der Waals surface area contributed by atoms with Crippen molar-refractivity contribution in [3.63, 3.8) is 0 Å². The van der Waals surface area contributed by atoms with Gasteiger partial charge in [-0.2, -0.15) is 0 Å². The average molecular weight is 602 g/mol. The number of nitrogens with one attached hydrogen (secondary N) is 1. The Kier molecular flexibility index (Phi) is 12.2. The van der Waals surface area contributed by atoms with Crippen LogP contribution in [0, 0.1) is 29.1 Å². The highest BCUT2D eigenvalue weighted by Crippen LogP contribution is 2.70. The third kappa shape index (κ3) is 6.03. The summed E-state index contributed by atoms with van der Waals surface area (Å²) in [6.45, 7) is 42.5. The van der Waals surface area contributed by atoms with Crippen molar-refractivity contribution in [2.24, 2.45) is 27.9 Å². The first-order valence-electron chi connectivity index (χ1n) is 17.4. The van der Waals surface area contributed by atoms with Crippen LogP contribution in [0.2, 0.25) is 0 Å². The Hall–Kier alpha value is -2.52. The fourth-order valence-corrected chi connectivity index (χ4v) is 9.05. The summed E-state index contributed by atoms with van der Waals surface area (Å²) in [5.74, 6) is 0.725. The summed E-state index contributed by atoms with van der Waals surface area (Å²) in [7, 11) is 4.38. The van der Waals surface area contributed by atoms with Gasteiger partial charge in [0.15, 0.2) is 0 Å². The molecule has 3 N–H and O–H groups in total. The van der Waals surface area contributed by atoms with E-state index in [-0.39, 0.29) is 16.2 Å². The van der Waals surface area contributed by atoms with Crippen LogP contribution < -0.4 is 16.0 Å².